The van der Waals surface area contributed by atoms with E-state index < -0.39 is 0 Å². The second-order valence-corrected chi connectivity index (χ2v) is 18.6. The van der Waals surface area contributed by atoms with Crippen molar-refractivity contribution in [2.24, 2.45) is 0 Å². The minimum Gasteiger partial charge on any atom is -0.0617 e. The molecule has 2 aromatic rings. The second-order valence-electron chi connectivity index (χ2n) is 18.6. The van der Waals surface area contributed by atoms with Gasteiger partial charge < -0.3 is 0 Å². The van der Waals surface area contributed by atoms with Crippen molar-refractivity contribution in [1.82, 2.24) is 0 Å². The highest BCUT2D eigenvalue weighted by Gasteiger charge is 2.39. The van der Waals surface area contributed by atoms with Crippen molar-refractivity contribution in [1.29, 1.82) is 0 Å². The highest BCUT2D eigenvalue weighted by molar-refractivity contribution is 5.58. The van der Waals surface area contributed by atoms with Crippen LogP contribution in [-0.2, 0) is 38.9 Å². The van der Waals surface area contributed by atoms with Crippen LogP contribution in [-0.4, -0.2) is 0 Å². The Morgan fingerprint density at radius 2 is 0.821 bits per heavy atom. The lowest BCUT2D eigenvalue weighted by Crippen LogP contribution is -2.34. The van der Waals surface area contributed by atoms with Gasteiger partial charge in [0.25, 0.3) is 0 Å². The van der Waals surface area contributed by atoms with E-state index in [1.807, 2.05) is 0 Å². The molecule has 0 aromatic heterocycles. The van der Waals surface area contributed by atoms with Gasteiger partial charge in [0.15, 0.2) is 0 Å². The average molecular weight is 533 g/mol. The summed E-state index contributed by atoms with van der Waals surface area (Å²) in [6.45, 7) is 45.8. The molecule has 0 heteroatoms. The van der Waals surface area contributed by atoms with Crippen LogP contribution in [0.2, 0.25) is 0 Å². The lowest BCUT2D eigenvalue weighted by Gasteiger charge is -2.43. The van der Waals surface area contributed by atoms with Crippen LogP contribution in [0.5, 0.6) is 0 Å². The SMILES string of the molecule is CC(Cc1c(C(C)(C)C)cccc1C(C)(C)C)c1cc(C(C)(C)C)c(C(C)(C)C)c(C(C)(C)C)c1C(C)(C)C. The maximum absolute atomic E-state index is 2.64. The van der Waals surface area contributed by atoms with Gasteiger partial charge in [0.05, 0.1) is 0 Å². The predicted molar refractivity (Wildman–Crippen MR) is 177 cm³/mol. The van der Waals surface area contributed by atoms with E-state index in [2.05, 4.69) is 156 Å². The summed E-state index contributed by atoms with van der Waals surface area (Å²) < 4.78 is 0. The first-order chi connectivity index (χ1) is 17.1. The fraction of sp³-hybridized carbons (Fsp3) is 0.692. The first-order valence-electron chi connectivity index (χ1n) is 15.4. The minimum atomic E-state index is 0.0407. The summed E-state index contributed by atoms with van der Waals surface area (Å²) in [5, 5.41) is 0. The topological polar surface area (TPSA) is 0 Å². The molecule has 0 amide bonds. The van der Waals surface area contributed by atoms with Gasteiger partial charge in [-0.15, -0.1) is 0 Å². The third kappa shape index (κ3) is 7.40. The Morgan fingerprint density at radius 3 is 1.13 bits per heavy atom. The highest BCUT2D eigenvalue weighted by atomic mass is 14.4. The third-order valence-electron chi connectivity index (χ3n) is 8.25. The van der Waals surface area contributed by atoms with Gasteiger partial charge in [-0.05, 0) is 89.3 Å². The van der Waals surface area contributed by atoms with E-state index in [0.717, 1.165) is 6.42 Å². The Labute approximate surface area is 244 Å². The summed E-state index contributed by atoms with van der Waals surface area (Å²) in [7, 11) is 0. The van der Waals surface area contributed by atoms with Gasteiger partial charge in [-0.25, -0.2) is 0 Å². The third-order valence-corrected chi connectivity index (χ3v) is 8.25. The molecule has 0 spiro atoms. The quantitative estimate of drug-likeness (QED) is 0.369. The summed E-state index contributed by atoms with van der Waals surface area (Å²) in [6, 6.07) is 9.68. The molecule has 0 aliphatic heterocycles. The molecule has 0 aliphatic rings. The summed E-state index contributed by atoms with van der Waals surface area (Å²) in [6.07, 6.45) is 1.06. The Hall–Kier alpha value is -1.56. The first kappa shape index (κ1) is 33.6. The maximum Gasteiger partial charge on any atom is -0.0126 e. The molecule has 0 bridgehead atoms. The summed E-state index contributed by atoms with van der Waals surface area (Å²) >= 11 is 0. The van der Waals surface area contributed by atoms with Crippen LogP contribution < -0.4 is 0 Å². The van der Waals surface area contributed by atoms with Crippen molar-refractivity contribution in [3.05, 3.63) is 68.8 Å². The van der Waals surface area contributed by atoms with Gasteiger partial charge in [0, 0.05) is 0 Å². The minimum absolute atomic E-state index is 0.0407. The molecule has 1 unspecified atom stereocenters. The molecule has 0 radical (unpaired) electrons. The van der Waals surface area contributed by atoms with Crippen LogP contribution in [0.1, 0.15) is 182 Å². The van der Waals surface area contributed by atoms with Gasteiger partial charge >= 0.3 is 0 Å². The fourth-order valence-electron chi connectivity index (χ4n) is 6.65. The molecule has 1 atom stereocenters. The zero-order valence-corrected chi connectivity index (χ0v) is 29.6. The maximum atomic E-state index is 2.64. The van der Waals surface area contributed by atoms with Gasteiger partial charge in [0.1, 0.15) is 0 Å². The molecule has 0 aliphatic carbocycles. The first-order valence-corrected chi connectivity index (χ1v) is 15.4. The van der Waals surface area contributed by atoms with Crippen molar-refractivity contribution in [3.8, 4) is 0 Å². The number of hydrogen-bond donors (Lipinski definition) is 0. The normalized spacial score (nSPS) is 15.1. The van der Waals surface area contributed by atoms with Crippen molar-refractivity contribution < 1.29 is 0 Å². The van der Waals surface area contributed by atoms with Crippen LogP contribution in [0.3, 0.4) is 0 Å². The molecule has 0 nitrogen and oxygen atoms in total. The predicted octanol–water partition coefficient (Wildman–Crippen LogP) is 11.8. The van der Waals surface area contributed by atoms with Crippen LogP contribution in [0, 0.1) is 0 Å². The van der Waals surface area contributed by atoms with Crippen molar-refractivity contribution in [3.63, 3.8) is 0 Å². The van der Waals surface area contributed by atoms with E-state index in [1.54, 1.807) is 27.8 Å². The van der Waals surface area contributed by atoms with Gasteiger partial charge in [-0.3, -0.25) is 0 Å². The van der Waals surface area contributed by atoms with Crippen molar-refractivity contribution >= 4 is 0 Å². The molecule has 2 rings (SSSR count). The number of rotatable bonds is 3. The van der Waals surface area contributed by atoms with Crippen LogP contribution in [0.4, 0.5) is 0 Å². The molecule has 0 saturated heterocycles. The van der Waals surface area contributed by atoms with Crippen molar-refractivity contribution in [2.75, 3.05) is 0 Å². The molecular formula is C39H64. The summed E-state index contributed by atoms with van der Waals surface area (Å²) in [5.41, 5.74) is 12.8. The van der Waals surface area contributed by atoms with Gasteiger partial charge in [-0.1, -0.05) is 156 Å². The molecular weight excluding hydrogens is 468 g/mol. The van der Waals surface area contributed by atoms with E-state index in [9.17, 15) is 0 Å². The lowest BCUT2D eigenvalue weighted by molar-refractivity contribution is 0.469. The van der Waals surface area contributed by atoms with E-state index >= 15 is 0 Å². The fourth-order valence-corrected chi connectivity index (χ4v) is 6.65. The summed E-state index contributed by atoms with van der Waals surface area (Å²) in [4.78, 5) is 0. The van der Waals surface area contributed by atoms with Crippen molar-refractivity contribution in [2.45, 2.75) is 176 Å². The highest BCUT2D eigenvalue weighted by Crippen LogP contribution is 2.49. The summed E-state index contributed by atoms with van der Waals surface area (Å²) in [5.74, 6) is 0.403. The standard InChI is InChI=1S/C39H64/c1-25(23-27-28(34(2,3)4)21-20-22-29(27)35(5,6)7)26-24-30(36(8,9)10)32(38(14,15)16)33(39(17,18)19)31(26)37(11,12)13/h20-22,24-25H,23H2,1-19H3. The van der Waals surface area contributed by atoms with Gasteiger partial charge in [0.2, 0.25) is 0 Å². The Bertz CT molecular complexity index is 1130. The lowest BCUT2D eigenvalue weighted by atomic mass is 9.62. The molecule has 0 saturated carbocycles. The Morgan fingerprint density at radius 1 is 0.462 bits per heavy atom. The van der Waals surface area contributed by atoms with Gasteiger partial charge in [-0.2, -0.15) is 0 Å². The van der Waals surface area contributed by atoms with E-state index in [-0.39, 0.29) is 32.5 Å². The number of benzene rings is 2. The monoisotopic (exact) mass is 533 g/mol. The molecule has 220 valence electrons. The molecule has 0 N–H and O–H groups in total. The smallest absolute Gasteiger partial charge is 0.0126 e. The van der Waals surface area contributed by atoms with E-state index in [0.29, 0.717) is 5.92 Å². The second kappa shape index (κ2) is 10.4. The number of hydrogen-bond acceptors (Lipinski definition) is 0. The zero-order chi connectivity index (χ0) is 30.7. The molecule has 2 aromatic carbocycles. The van der Waals surface area contributed by atoms with Crippen LogP contribution in [0.25, 0.3) is 0 Å². The molecule has 39 heavy (non-hydrogen) atoms. The molecule has 0 heterocycles. The average Bonchev–Trinajstić information content (AvgIpc) is 2.67. The Kier molecular flexibility index (Phi) is 8.94. The van der Waals surface area contributed by atoms with Crippen LogP contribution in [0.15, 0.2) is 24.3 Å². The van der Waals surface area contributed by atoms with E-state index in [4.69, 9.17) is 0 Å². The largest absolute Gasteiger partial charge is 0.0617 e. The van der Waals surface area contributed by atoms with Crippen LogP contribution >= 0.6 is 0 Å². The zero-order valence-electron chi connectivity index (χ0n) is 29.6. The molecule has 0 fully saturated rings. The van der Waals surface area contributed by atoms with E-state index in [1.165, 1.54) is 16.7 Å². The Balaban J connectivity index is 3.09.